The maximum atomic E-state index is 12.8. The van der Waals surface area contributed by atoms with Gasteiger partial charge in [0.25, 0.3) is 0 Å². The van der Waals surface area contributed by atoms with Crippen molar-refractivity contribution in [2.45, 2.75) is 27.7 Å². The fraction of sp³-hybridized carbons (Fsp3) is 0.381. The summed E-state index contributed by atoms with van der Waals surface area (Å²) in [5, 5.41) is 1.54. The van der Waals surface area contributed by atoms with Crippen LogP contribution in [0.4, 0.5) is 0 Å². The van der Waals surface area contributed by atoms with Gasteiger partial charge in [-0.3, -0.25) is 4.79 Å². The normalized spacial score (nSPS) is 11.6. The molecule has 0 fully saturated rings. The SMILES string of the molecule is CC(C)COc1ccc(PC(=O)c2c(Cl)cccc2Cl)c(OCC(C)C)c1. The molecule has 0 N–H and O–H groups in total. The number of carbonyl (C=O) groups is 1. The highest BCUT2D eigenvalue weighted by Crippen LogP contribution is 2.33. The maximum Gasteiger partial charge on any atom is 0.188 e. The van der Waals surface area contributed by atoms with Crippen LogP contribution in [0.2, 0.25) is 10.0 Å². The van der Waals surface area contributed by atoms with Gasteiger partial charge in [0.05, 0.1) is 28.8 Å². The second kappa shape index (κ2) is 10.3. The molecule has 0 amide bonds. The van der Waals surface area contributed by atoms with Crippen molar-refractivity contribution in [2.75, 3.05) is 13.2 Å². The van der Waals surface area contributed by atoms with Crippen LogP contribution in [0.15, 0.2) is 36.4 Å². The minimum atomic E-state index is -0.144. The summed E-state index contributed by atoms with van der Waals surface area (Å²) in [7, 11) is -0.144. The Morgan fingerprint density at radius 1 is 0.963 bits per heavy atom. The van der Waals surface area contributed by atoms with Crippen molar-refractivity contribution in [1.29, 1.82) is 0 Å². The zero-order valence-corrected chi connectivity index (χ0v) is 18.5. The molecule has 0 radical (unpaired) electrons. The molecule has 0 aliphatic heterocycles. The van der Waals surface area contributed by atoms with Crippen LogP contribution in [-0.2, 0) is 0 Å². The topological polar surface area (TPSA) is 35.5 Å². The Labute approximate surface area is 173 Å². The summed E-state index contributed by atoms with van der Waals surface area (Å²) in [6.07, 6.45) is 0. The molecule has 0 bridgehead atoms. The molecule has 27 heavy (non-hydrogen) atoms. The van der Waals surface area contributed by atoms with E-state index in [0.29, 0.717) is 46.4 Å². The van der Waals surface area contributed by atoms with E-state index in [0.717, 1.165) is 11.1 Å². The third-order valence-corrected chi connectivity index (χ3v) is 5.34. The Morgan fingerprint density at radius 3 is 2.15 bits per heavy atom. The molecular formula is C21H25Cl2O3P. The molecule has 2 aromatic carbocycles. The molecule has 0 aliphatic rings. The van der Waals surface area contributed by atoms with Gasteiger partial charge in [0.1, 0.15) is 11.5 Å². The number of carbonyl (C=O) groups excluding carboxylic acids is 1. The highest BCUT2D eigenvalue weighted by Gasteiger charge is 2.18. The molecule has 1 atom stereocenters. The van der Waals surface area contributed by atoms with Crippen molar-refractivity contribution in [3.05, 3.63) is 52.0 Å². The average Bonchev–Trinajstić information content (AvgIpc) is 2.59. The summed E-state index contributed by atoms with van der Waals surface area (Å²) >= 11 is 12.4. The Balaban J connectivity index is 2.26. The largest absolute Gasteiger partial charge is 0.493 e. The predicted molar refractivity (Wildman–Crippen MR) is 116 cm³/mol. The van der Waals surface area contributed by atoms with E-state index in [9.17, 15) is 4.79 Å². The van der Waals surface area contributed by atoms with Gasteiger partial charge in [0.15, 0.2) is 5.52 Å². The molecule has 0 heterocycles. The number of ether oxygens (including phenoxy) is 2. The van der Waals surface area contributed by atoms with Crippen molar-refractivity contribution in [3.63, 3.8) is 0 Å². The molecular weight excluding hydrogens is 402 g/mol. The van der Waals surface area contributed by atoms with E-state index in [1.165, 1.54) is 0 Å². The minimum absolute atomic E-state index is 0.115. The highest BCUT2D eigenvalue weighted by molar-refractivity contribution is 7.66. The first-order chi connectivity index (χ1) is 12.8. The van der Waals surface area contributed by atoms with E-state index in [-0.39, 0.29) is 14.1 Å². The zero-order valence-electron chi connectivity index (χ0n) is 16.0. The first-order valence-corrected chi connectivity index (χ1v) is 10.7. The summed E-state index contributed by atoms with van der Waals surface area (Å²) in [5.41, 5.74) is 0.241. The average molecular weight is 427 g/mol. The number of hydrogen-bond acceptors (Lipinski definition) is 3. The van der Waals surface area contributed by atoms with Gasteiger partial charge in [-0.15, -0.1) is 0 Å². The molecule has 3 nitrogen and oxygen atoms in total. The van der Waals surface area contributed by atoms with Gasteiger partial charge >= 0.3 is 0 Å². The summed E-state index contributed by atoms with van der Waals surface area (Å²) < 4.78 is 11.7. The molecule has 0 saturated heterocycles. The molecule has 2 aromatic rings. The lowest BCUT2D eigenvalue weighted by molar-refractivity contribution is 0.108. The van der Waals surface area contributed by atoms with Gasteiger partial charge < -0.3 is 9.47 Å². The lowest BCUT2D eigenvalue weighted by atomic mass is 10.2. The summed E-state index contributed by atoms with van der Waals surface area (Å²) in [6, 6.07) is 10.7. The smallest absolute Gasteiger partial charge is 0.188 e. The second-order valence-electron chi connectivity index (χ2n) is 7.12. The second-order valence-corrected chi connectivity index (χ2v) is 9.18. The quantitative estimate of drug-likeness (QED) is 0.447. The van der Waals surface area contributed by atoms with Crippen molar-refractivity contribution in [1.82, 2.24) is 0 Å². The van der Waals surface area contributed by atoms with Gasteiger partial charge in [-0.2, -0.15) is 0 Å². The number of benzene rings is 2. The third kappa shape index (κ3) is 6.68. The lowest BCUT2D eigenvalue weighted by Crippen LogP contribution is -2.13. The standard InChI is InChI=1S/C21H25Cl2O3P/c1-13(2)11-25-15-8-9-19(18(10-15)26-12-14(3)4)27-21(24)20-16(22)6-5-7-17(20)23/h5-10,13-14,27H,11-12H2,1-4H3. The minimum Gasteiger partial charge on any atom is -0.493 e. The lowest BCUT2D eigenvalue weighted by Gasteiger charge is -2.16. The Morgan fingerprint density at radius 2 is 1.56 bits per heavy atom. The van der Waals surface area contributed by atoms with E-state index in [2.05, 4.69) is 27.7 Å². The molecule has 146 valence electrons. The first kappa shape index (κ1) is 22.0. The van der Waals surface area contributed by atoms with Crippen LogP contribution in [0.25, 0.3) is 0 Å². The predicted octanol–water partition coefficient (Wildman–Crippen LogP) is 6.21. The van der Waals surface area contributed by atoms with Gasteiger partial charge in [0, 0.05) is 11.4 Å². The molecule has 0 aromatic heterocycles. The Bertz CT molecular complexity index is 771. The monoisotopic (exact) mass is 426 g/mol. The Hall–Kier alpha value is -1.28. The van der Waals surface area contributed by atoms with Crippen LogP contribution >= 0.6 is 31.8 Å². The van der Waals surface area contributed by atoms with Crippen molar-refractivity contribution in [2.24, 2.45) is 11.8 Å². The van der Waals surface area contributed by atoms with E-state index >= 15 is 0 Å². The van der Waals surface area contributed by atoms with Crippen LogP contribution in [0.5, 0.6) is 11.5 Å². The molecule has 2 rings (SSSR count). The van der Waals surface area contributed by atoms with E-state index in [1.54, 1.807) is 18.2 Å². The maximum absolute atomic E-state index is 12.8. The number of hydrogen-bond donors (Lipinski definition) is 0. The summed E-state index contributed by atoms with van der Waals surface area (Å²) in [5.74, 6) is 2.20. The van der Waals surface area contributed by atoms with Gasteiger partial charge in [-0.05, 0) is 44.7 Å². The fourth-order valence-electron chi connectivity index (χ4n) is 2.23. The van der Waals surface area contributed by atoms with Crippen LogP contribution in [0, 0.1) is 11.8 Å². The third-order valence-electron chi connectivity index (χ3n) is 3.55. The zero-order chi connectivity index (χ0) is 20.0. The van der Waals surface area contributed by atoms with Gasteiger partial charge in [-0.25, -0.2) is 0 Å². The van der Waals surface area contributed by atoms with Crippen LogP contribution in [0.1, 0.15) is 38.1 Å². The van der Waals surface area contributed by atoms with Gasteiger partial charge in [-0.1, -0.05) is 57.0 Å². The molecule has 1 unspecified atom stereocenters. The number of rotatable bonds is 9. The van der Waals surface area contributed by atoms with Crippen molar-refractivity contribution < 1.29 is 14.3 Å². The van der Waals surface area contributed by atoms with Crippen molar-refractivity contribution >= 4 is 42.6 Å². The Kier molecular flexibility index (Phi) is 8.41. The molecule has 6 heteroatoms. The van der Waals surface area contributed by atoms with Crippen LogP contribution in [-0.4, -0.2) is 18.7 Å². The van der Waals surface area contributed by atoms with Crippen LogP contribution < -0.4 is 14.8 Å². The van der Waals surface area contributed by atoms with Gasteiger partial charge in [0.2, 0.25) is 0 Å². The molecule has 0 aliphatic carbocycles. The first-order valence-electron chi connectivity index (χ1n) is 8.93. The van der Waals surface area contributed by atoms with E-state index < -0.39 is 0 Å². The molecule has 0 spiro atoms. The molecule has 0 saturated carbocycles. The number of halogens is 2. The summed E-state index contributed by atoms with van der Waals surface area (Å²) in [4.78, 5) is 12.8. The highest BCUT2D eigenvalue weighted by atomic mass is 35.5. The van der Waals surface area contributed by atoms with E-state index in [4.69, 9.17) is 32.7 Å². The fourth-order valence-corrected chi connectivity index (χ4v) is 4.03. The summed E-state index contributed by atoms with van der Waals surface area (Å²) in [6.45, 7) is 9.53. The van der Waals surface area contributed by atoms with Crippen molar-refractivity contribution in [3.8, 4) is 11.5 Å². The van der Waals surface area contributed by atoms with Crippen LogP contribution in [0.3, 0.4) is 0 Å². The van der Waals surface area contributed by atoms with E-state index in [1.807, 2.05) is 18.2 Å².